The van der Waals surface area contributed by atoms with E-state index in [4.69, 9.17) is 5.73 Å². The van der Waals surface area contributed by atoms with E-state index in [1.165, 1.54) is 17.0 Å². The van der Waals surface area contributed by atoms with Gasteiger partial charge in [-0.3, -0.25) is 4.68 Å². The first-order valence-corrected chi connectivity index (χ1v) is 5.39. The van der Waals surface area contributed by atoms with E-state index in [9.17, 15) is 0 Å². The van der Waals surface area contributed by atoms with Crippen molar-refractivity contribution in [1.29, 1.82) is 0 Å². The van der Waals surface area contributed by atoms with Crippen LogP contribution in [0.4, 0.5) is 0 Å². The Labute approximate surface area is 85.3 Å². The minimum Gasteiger partial charge on any atom is -0.327 e. The van der Waals surface area contributed by atoms with Gasteiger partial charge >= 0.3 is 0 Å². The minimum absolute atomic E-state index is 0.337. The van der Waals surface area contributed by atoms with E-state index < -0.39 is 0 Å². The van der Waals surface area contributed by atoms with Gasteiger partial charge in [0.1, 0.15) is 0 Å². The molecule has 0 saturated carbocycles. The summed E-state index contributed by atoms with van der Waals surface area (Å²) in [5.41, 5.74) is 10.1. The second-order valence-electron chi connectivity index (χ2n) is 4.59. The van der Waals surface area contributed by atoms with E-state index in [1.807, 2.05) is 11.7 Å². The number of nitrogens with two attached hydrogens (primary N) is 1. The summed E-state index contributed by atoms with van der Waals surface area (Å²) < 4.78 is 2.04. The molecule has 0 bridgehead atoms. The first kappa shape index (κ1) is 9.71. The van der Waals surface area contributed by atoms with Gasteiger partial charge in [-0.25, -0.2) is 0 Å². The molecule has 1 unspecified atom stereocenters. The molecule has 2 rings (SSSR count). The number of nitrogens with zero attached hydrogens (tertiary/aromatic N) is 2. The third-order valence-electron chi connectivity index (χ3n) is 3.07. The molecule has 0 aliphatic heterocycles. The highest BCUT2D eigenvalue weighted by molar-refractivity contribution is 5.31. The monoisotopic (exact) mass is 193 g/mol. The molecule has 1 aliphatic carbocycles. The minimum atomic E-state index is 0.337. The summed E-state index contributed by atoms with van der Waals surface area (Å²) in [7, 11) is 2.04. The van der Waals surface area contributed by atoms with E-state index in [-0.39, 0.29) is 0 Å². The van der Waals surface area contributed by atoms with Gasteiger partial charge in [0.05, 0.1) is 5.69 Å². The maximum atomic E-state index is 5.99. The molecule has 2 N–H and O–H groups in total. The van der Waals surface area contributed by atoms with Crippen molar-refractivity contribution in [3.05, 3.63) is 17.0 Å². The van der Waals surface area contributed by atoms with Crippen molar-refractivity contribution in [3.63, 3.8) is 0 Å². The highest BCUT2D eigenvalue weighted by Gasteiger charge is 2.24. The Balaban J connectivity index is 2.45. The van der Waals surface area contributed by atoms with Gasteiger partial charge in [-0.05, 0) is 30.7 Å². The Kier molecular flexibility index (Phi) is 2.35. The predicted octanol–water partition coefficient (Wildman–Crippen LogP) is 1.36. The van der Waals surface area contributed by atoms with Crippen LogP contribution < -0.4 is 5.73 Å². The summed E-state index contributed by atoms with van der Waals surface area (Å²) in [4.78, 5) is 0. The van der Waals surface area contributed by atoms with Crippen LogP contribution in [0.1, 0.15) is 43.1 Å². The number of hydrogen-bond donors (Lipinski definition) is 1. The summed E-state index contributed by atoms with van der Waals surface area (Å²) in [6.45, 7) is 4.39. The first-order chi connectivity index (χ1) is 6.59. The zero-order valence-corrected chi connectivity index (χ0v) is 9.25. The lowest BCUT2D eigenvalue weighted by Crippen LogP contribution is -2.28. The van der Waals surface area contributed by atoms with E-state index in [2.05, 4.69) is 18.9 Å². The zero-order valence-electron chi connectivity index (χ0n) is 9.25. The predicted molar refractivity (Wildman–Crippen MR) is 57.3 cm³/mol. The van der Waals surface area contributed by atoms with Crippen LogP contribution in [0.2, 0.25) is 0 Å². The molecule has 0 radical (unpaired) electrons. The van der Waals surface area contributed by atoms with Crippen LogP contribution in [0.15, 0.2) is 0 Å². The highest BCUT2D eigenvalue weighted by Crippen LogP contribution is 2.27. The van der Waals surface area contributed by atoms with Crippen molar-refractivity contribution in [2.45, 2.75) is 45.1 Å². The molecule has 3 nitrogen and oxygen atoms in total. The highest BCUT2D eigenvalue weighted by atomic mass is 15.3. The van der Waals surface area contributed by atoms with Crippen LogP contribution in [0.5, 0.6) is 0 Å². The molecule has 78 valence electrons. The normalized spacial score (nSPS) is 21.4. The maximum Gasteiger partial charge on any atom is 0.0685 e. The average Bonchev–Trinajstić information content (AvgIpc) is 2.43. The summed E-state index contributed by atoms with van der Waals surface area (Å²) in [5, 5.41) is 4.59. The smallest absolute Gasteiger partial charge is 0.0685 e. The maximum absolute atomic E-state index is 5.99. The molecule has 0 fully saturated rings. The summed E-state index contributed by atoms with van der Waals surface area (Å²) in [6, 6.07) is 0.337. The standard InChI is InChI=1S/C11H19N3/c1-7(2)11-9-6-8(12)4-5-10(9)14(3)13-11/h7-8H,4-6,12H2,1-3H3. The fourth-order valence-corrected chi connectivity index (χ4v) is 2.31. The molecular formula is C11H19N3. The van der Waals surface area contributed by atoms with E-state index >= 15 is 0 Å². The zero-order chi connectivity index (χ0) is 10.3. The number of hydrogen-bond acceptors (Lipinski definition) is 2. The topological polar surface area (TPSA) is 43.8 Å². The van der Waals surface area contributed by atoms with Crippen molar-refractivity contribution in [1.82, 2.24) is 9.78 Å². The third kappa shape index (κ3) is 1.46. The fraction of sp³-hybridized carbons (Fsp3) is 0.727. The van der Waals surface area contributed by atoms with Crippen molar-refractivity contribution in [2.24, 2.45) is 12.8 Å². The van der Waals surface area contributed by atoms with Crippen LogP contribution in [0.25, 0.3) is 0 Å². The lowest BCUT2D eigenvalue weighted by molar-refractivity contribution is 0.551. The Bertz CT molecular complexity index is 339. The van der Waals surface area contributed by atoms with Gasteiger partial charge in [0.2, 0.25) is 0 Å². The van der Waals surface area contributed by atoms with Gasteiger partial charge in [0, 0.05) is 18.8 Å². The van der Waals surface area contributed by atoms with Crippen molar-refractivity contribution in [3.8, 4) is 0 Å². The van der Waals surface area contributed by atoms with Crippen molar-refractivity contribution >= 4 is 0 Å². The number of fused-ring (bicyclic) bond motifs is 1. The Hall–Kier alpha value is -0.830. The molecule has 1 aliphatic rings. The van der Waals surface area contributed by atoms with Gasteiger partial charge < -0.3 is 5.73 Å². The average molecular weight is 193 g/mol. The van der Waals surface area contributed by atoms with Crippen LogP contribution in [-0.2, 0) is 19.9 Å². The lowest BCUT2D eigenvalue weighted by atomic mass is 9.89. The van der Waals surface area contributed by atoms with Gasteiger partial charge in [-0.15, -0.1) is 0 Å². The quantitative estimate of drug-likeness (QED) is 0.732. The molecule has 14 heavy (non-hydrogen) atoms. The van der Waals surface area contributed by atoms with Crippen molar-refractivity contribution in [2.75, 3.05) is 0 Å². The van der Waals surface area contributed by atoms with Gasteiger partial charge in [0.25, 0.3) is 0 Å². The second kappa shape index (κ2) is 3.39. The molecule has 1 aromatic rings. The molecular weight excluding hydrogens is 174 g/mol. The molecule has 1 aromatic heterocycles. The molecule has 0 spiro atoms. The second-order valence-corrected chi connectivity index (χ2v) is 4.59. The van der Waals surface area contributed by atoms with Gasteiger partial charge in [-0.1, -0.05) is 13.8 Å². The summed E-state index contributed by atoms with van der Waals surface area (Å²) in [5.74, 6) is 0.509. The van der Waals surface area contributed by atoms with E-state index in [1.54, 1.807) is 0 Å². The largest absolute Gasteiger partial charge is 0.327 e. The molecule has 1 heterocycles. The number of rotatable bonds is 1. The molecule has 0 aromatic carbocycles. The Morgan fingerprint density at radius 3 is 2.86 bits per heavy atom. The van der Waals surface area contributed by atoms with Gasteiger partial charge in [-0.2, -0.15) is 5.10 Å². The number of aromatic nitrogens is 2. The summed E-state index contributed by atoms with van der Waals surface area (Å²) >= 11 is 0. The lowest BCUT2D eigenvalue weighted by Gasteiger charge is -2.19. The van der Waals surface area contributed by atoms with Crippen LogP contribution in [0.3, 0.4) is 0 Å². The molecule has 0 saturated heterocycles. The SMILES string of the molecule is CC(C)c1nn(C)c2c1CC(N)CC2. The van der Waals surface area contributed by atoms with Crippen molar-refractivity contribution < 1.29 is 0 Å². The van der Waals surface area contributed by atoms with E-state index in [0.29, 0.717) is 12.0 Å². The fourth-order valence-electron chi connectivity index (χ4n) is 2.31. The molecule has 0 amide bonds. The third-order valence-corrected chi connectivity index (χ3v) is 3.07. The van der Waals surface area contributed by atoms with Crippen LogP contribution in [0, 0.1) is 0 Å². The first-order valence-electron chi connectivity index (χ1n) is 5.39. The Morgan fingerprint density at radius 2 is 2.21 bits per heavy atom. The number of aryl methyl sites for hydroxylation is 1. The van der Waals surface area contributed by atoms with Crippen LogP contribution in [-0.4, -0.2) is 15.8 Å². The van der Waals surface area contributed by atoms with Crippen LogP contribution >= 0.6 is 0 Å². The summed E-state index contributed by atoms with van der Waals surface area (Å²) in [6.07, 6.45) is 3.20. The molecule has 1 atom stereocenters. The molecule has 3 heteroatoms. The van der Waals surface area contributed by atoms with Gasteiger partial charge in [0.15, 0.2) is 0 Å². The van der Waals surface area contributed by atoms with E-state index in [0.717, 1.165) is 19.3 Å². The Morgan fingerprint density at radius 1 is 1.50 bits per heavy atom.